The van der Waals surface area contributed by atoms with E-state index in [2.05, 4.69) is 15.5 Å². The Hall–Kier alpha value is -2.93. The predicted molar refractivity (Wildman–Crippen MR) is 94.1 cm³/mol. The summed E-state index contributed by atoms with van der Waals surface area (Å²) in [7, 11) is 0. The van der Waals surface area contributed by atoms with Gasteiger partial charge in [-0.05, 0) is 17.7 Å². The van der Waals surface area contributed by atoms with Crippen LogP contribution < -0.4 is 14.8 Å². The molecule has 1 aromatic heterocycles. The van der Waals surface area contributed by atoms with Gasteiger partial charge in [-0.2, -0.15) is 0 Å². The molecule has 2 heterocycles. The third-order valence-electron chi connectivity index (χ3n) is 3.70. The maximum absolute atomic E-state index is 12.4. The Balaban J connectivity index is 1.39. The van der Waals surface area contributed by atoms with Crippen LogP contribution in [-0.2, 0) is 11.2 Å². The lowest BCUT2D eigenvalue weighted by Gasteiger charge is -2.25. The summed E-state index contributed by atoms with van der Waals surface area (Å²) in [6.07, 6.45) is -0.0264. The van der Waals surface area contributed by atoms with Gasteiger partial charge in [-0.3, -0.25) is 10.1 Å². The minimum Gasteiger partial charge on any atom is -0.485 e. The van der Waals surface area contributed by atoms with E-state index in [-0.39, 0.29) is 12.5 Å². The van der Waals surface area contributed by atoms with Gasteiger partial charge in [0, 0.05) is 6.42 Å². The number of amides is 1. The Morgan fingerprint density at radius 2 is 1.84 bits per heavy atom. The molecule has 0 aliphatic carbocycles. The van der Waals surface area contributed by atoms with Crippen molar-refractivity contribution in [3.05, 3.63) is 65.2 Å². The Morgan fingerprint density at radius 1 is 1.08 bits per heavy atom. The van der Waals surface area contributed by atoms with Gasteiger partial charge in [-0.1, -0.05) is 53.8 Å². The summed E-state index contributed by atoms with van der Waals surface area (Å²) >= 11 is 1.36. The first-order valence-electron chi connectivity index (χ1n) is 7.83. The number of nitrogens with one attached hydrogen (secondary N) is 1. The summed E-state index contributed by atoms with van der Waals surface area (Å²) in [6.45, 7) is 0.165. The number of hydrogen-bond acceptors (Lipinski definition) is 6. The highest BCUT2D eigenvalue weighted by Gasteiger charge is 2.28. The highest BCUT2D eigenvalue weighted by molar-refractivity contribution is 7.15. The van der Waals surface area contributed by atoms with Crippen LogP contribution in [0, 0.1) is 0 Å². The van der Waals surface area contributed by atoms with Gasteiger partial charge < -0.3 is 9.47 Å². The maximum Gasteiger partial charge on any atom is 0.270 e. The molecule has 3 aromatic rings. The zero-order valence-corrected chi connectivity index (χ0v) is 14.0. The van der Waals surface area contributed by atoms with Crippen LogP contribution in [0.15, 0.2) is 54.6 Å². The Morgan fingerprint density at radius 3 is 2.68 bits per heavy atom. The first-order chi connectivity index (χ1) is 12.3. The molecular formula is C18H15N3O3S. The van der Waals surface area contributed by atoms with Gasteiger partial charge in [0.15, 0.2) is 11.5 Å². The fourth-order valence-corrected chi connectivity index (χ4v) is 3.26. The smallest absolute Gasteiger partial charge is 0.270 e. The topological polar surface area (TPSA) is 73.3 Å². The number of para-hydroxylation sites is 2. The average Bonchev–Trinajstić information content (AvgIpc) is 3.09. The van der Waals surface area contributed by atoms with Crippen molar-refractivity contribution in [2.24, 2.45) is 0 Å². The van der Waals surface area contributed by atoms with Crippen molar-refractivity contribution in [3.8, 4) is 11.5 Å². The molecule has 25 heavy (non-hydrogen) atoms. The molecule has 0 saturated heterocycles. The van der Waals surface area contributed by atoms with E-state index in [1.165, 1.54) is 11.3 Å². The zero-order chi connectivity index (χ0) is 17.1. The molecule has 126 valence electrons. The molecule has 4 rings (SSSR count). The lowest BCUT2D eigenvalue weighted by molar-refractivity contribution is -0.125. The SMILES string of the molecule is O=C(Nc1nnc(Cc2ccccc2)s1)[C@H]1COc2ccccc2O1. The minimum atomic E-state index is -0.712. The Labute approximate surface area is 148 Å². The van der Waals surface area contributed by atoms with Gasteiger partial charge in [0.1, 0.15) is 11.6 Å². The number of rotatable bonds is 4. The molecule has 6 nitrogen and oxygen atoms in total. The van der Waals surface area contributed by atoms with Crippen LogP contribution >= 0.6 is 11.3 Å². The maximum atomic E-state index is 12.4. The number of fused-ring (bicyclic) bond motifs is 1. The number of nitrogens with zero attached hydrogens (tertiary/aromatic N) is 2. The van der Waals surface area contributed by atoms with E-state index < -0.39 is 6.10 Å². The monoisotopic (exact) mass is 353 g/mol. The van der Waals surface area contributed by atoms with Crippen molar-refractivity contribution in [2.45, 2.75) is 12.5 Å². The van der Waals surface area contributed by atoms with Crippen molar-refractivity contribution in [2.75, 3.05) is 11.9 Å². The molecule has 0 spiro atoms. The highest BCUT2D eigenvalue weighted by Crippen LogP contribution is 2.31. The van der Waals surface area contributed by atoms with Crippen LogP contribution in [0.1, 0.15) is 10.6 Å². The molecule has 1 aliphatic rings. The van der Waals surface area contributed by atoms with E-state index >= 15 is 0 Å². The van der Waals surface area contributed by atoms with Crippen molar-refractivity contribution in [3.63, 3.8) is 0 Å². The van der Waals surface area contributed by atoms with Crippen molar-refractivity contribution in [1.29, 1.82) is 0 Å². The van der Waals surface area contributed by atoms with Crippen LogP contribution in [0.3, 0.4) is 0 Å². The van der Waals surface area contributed by atoms with Crippen LogP contribution in [0.25, 0.3) is 0 Å². The largest absolute Gasteiger partial charge is 0.485 e. The number of anilines is 1. The highest BCUT2D eigenvalue weighted by atomic mass is 32.1. The number of carbonyl (C=O) groups is 1. The average molecular weight is 353 g/mol. The lowest BCUT2D eigenvalue weighted by atomic mass is 10.2. The van der Waals surface area contributed by atoms with Crippen LogP contribution in [-0.4, -0.2) is 28.8 Å². The van der Waals surface area contributed by atoms with E-state index in [4.69, 9.17) is 9.47 Å². The Bertz CT molecular complexity index is 882. The quantitative estimate of drug-likeness (QED) is 0.781. The second-order valence-corrected chi connectivity index (χ2v) is 6.58. The number of ether oxygens (including phenoxy) is 2. The Kier molecular flexibility index (Phi) is 4.30. The fourth-order valence-electron chi connectivity index (χ4n) is 2.48. The van der Waals surface area contributed by atoms with Crippen LogP contribution in [0.2, 0.25) is 0 Å². The molecule has 0 radical (unpaired) electrons. The molecule has 0 saturated carbocycles. The summed E-state index contributed by atoms with van der Waals surface area (Å²) in [5, 5.41) is 12.2. The zero-order valence-electron chi connectivity index (χ0n) is 13.2. The van der Waals surface area contributed by atoms with E-state index in [9.17, 15) is 4.79 Å². The first-order valence-corrected chi connectivity index (χ1v) is 8.65. The molecule has 0 fully saturated rings. The van der Waals surface area contributed by atoms with Crippen molar-refractivity contribution in [1.82, 2.24) is 10.2 Å². The van der Waals surface area contributed by atoms with Crippen LogP contribution in [0.4, 0.5) is 5.13 Å². The third kappa shape index (κ3) is 3.61. The van der Waals surface area contributed by atoms with E-state index in [0.29, 0.717) is 23.1 Å². The molecule has 0 unspecified atom stereocenters. The number of benzene rings is 2. The summed E-state index contributed by atoms with van der Waals surface area (Å²) in [5.41, 5.74) is 1.15. The van der Waals surface area contributed by atoms with Gasteiger partial charge in [-0.25, -0.2) is 0 Å². The van der Waals surface area contributed by atoms with Gasteiger partial charge in [0.05, 0.1) is 0 Å². The molecule has 1 amide bonds. The van der Waals surface area contributed by atoms with E-state index in [1.807, 2.05) is 48.5 Å². The van der Waals surface area contributed by atoms with Gasteiger partial charge in [0.2, 0.25) is 11.2 Å². The predicted octanol–water partition coefficient (Wildman–Crippen LogP) is 2.91. The third-order valence-corrected chi connectivity index (χ3v) is 4.53. The number of aromatic nitrogens is 2. The van der Waals surface area contributed by atoms with Gasteiger partial charge in [0.25, 0.3) is 5.91 Å². The standard InChI is InChI=1S/C18H15N3O3S/c22-17(15-11-23-13-8-4-5-9-14(13)24-15)19-18-21-20-16(25-18)10-12-6-2-1-3-7-12/h1-9,15H,10-11H2,(H,19,21,22)/t15-/m1/s1. The molecule has 1 atom stereocenters. The fraction of sp³-hybridized carbons (Fsp3) is 0.167. The lowest BCUT2D eigenvalue weighted by Crippen LogP contribution is -2.40. The minimum absolute atomic E-state index is 0.165. The summed E-state index contributed by atoms with van der Waals surface area (Å²) < 4.78 is 11.2. The summed E-state index contributed by atoms with van der Waals surface area (Å²) in [6, 6.07) is 17.3. The van der Waals surface area contributed by atoms with E-state index in [1.54, 1.807) is 6.07 Å². The second-order valence-electron chi connectivity index (χ2n) is 5.52. The first kappa shape index (κ1) is 15.6. The van der Waals surface area contributed by atoms with E-state index in [0.717, 1.165) is 10.6 Å². The second kappa shape index (κ2) is 6.90. The normalized spacial score (nSPS) is 15.6. The molecule has 7 heteroatoms. The number of carbonyl (C=O) groups excluding carboxylic acids is 1. The molecule has 2 aromatic carbocycles. The molecule has 1 aliphatic heterocycles. The summed E-state index contributed by atoms with van der Waals surface area (Å²) in [5.74, 6) is 0.917. The van der Waals surface area contributed by atoms with Crippen LogP contribution in [0.5, 0.6) is 11.5 Å². The van der Waals surface area contributed by atoms with Crippen molar-refractivity contribution >= 4 is 22.4 Å². The molecular weight excluding hydrogens is 338 g/mol. The molecule has 1 N–H and O–H groups in total. The van der Waals surface area contributed by atoms with Crippen molar-refractivity contribution < 1.29 is 14.3 Å². The summed E-state index contributed by atoms with van der Waals surface area (Å²) in [4.78, 5) is 12.4. The number of hydrogen-bond donors (Lipinski definition) is 1. The molecule has 0 bridgehead atoms. The van der Waals surface area contributed by atoms with Gasteiger partial charge in [-0.15, -0.1) is 10.2 Å². The van der Waals surface area contributed by atoms with Gasteiger partial charge >= 0.3 is 0 Å².